The zero-order valence-electron chi connectivity index (χ0n) is 32.5. The molecule has 4 aromatic carbocycles. The van der Waals surface area contributed by atoms with Crippen molar-refractivity contribution >= 4 is 55.5 Å². The third kappa shape index (κ3) is 8.61. The van der Waals surface area contributed by atoms with Crippen molar-refractivity contribution in [2.75, 3.05) is 56.2 Å². The summed E-state index contributed by atoms with van der Waals surface area (Å²) in [6.45, 7) is 4.63. The van der Waals surface area contributed by atoms with E-state index in [-0.39, 0.29) is 28.7 Å². The van der Waals surface area contributed by atoms with E-state index >= 15 is 0 Å². The van der Waals surface area contributed by atoms with Gasteiger partial charge in [-0.2, -0.15) is 5.10 Å². The molecule has 2 aliphatic rings. The number of aromatic amines is 1. The largest absolute Gasteiger partial charge is 0.456 e. The molecule has 2 aliphatic heterocycles. The summed E-state index contributed by atoms with van der Waals surface area (Å²) in [4.78, 5) is 34.6. The topological polar surface area (TPSA) is 168 Å². The van der Waals surface area contributed by atoms with Gasteiger partial charge < -0.3 is 24.3 Å². The van der Waals surface area contributed by atoms with Crippen molar-refractivity contribution in [3.63, 3.8) is 0 Å². The van der Waals surface area contributed by atoms with Crippen LogP contribution >= 0.6 is 11.6 Å². The molecule has 0 radical (unpaired) electrons. The SMILES string of the molecule is CN(c1ccc(S(=O)(=O)NC(=O)c2ccc(N3CCN(Cc4c(-c5ccc(Cl)cc5)cnn4C)CC3)cc2Oc2ccc3[nH]ccc3c2)cc1[N+](=O)[O-])C1CCOCC1. The lowest BCUT2D eigenvalue weighted by molar-refractivity contribution is -0.384. The van der Waals surface area contributed by atoms with Gasteiger partial charge in [-0.05, 0) is 79.1 Å². The summed E-state index contributed by atoms with van der Waals surface area (Å²) in [7, 11) is -0.871. The molecule has 0 saturated carbocycles. The van der Waals surface area contributed by atoms with Crippen LogP contribution in [0.3, 0.4) is 0 Å². The van der Waals surface area contributed by atoms with E-state index in [0.29, 0.717) is 56.5 Å². The number of nitrogens with one attached hydrogen (secondary N) is 2. The van der Waals surface area contributed by atoms with Gasteiger partial charge in [0.15, 0.2) is 0 Å². The molecule has 2 saturated heterocycles. The second-order valence-electron chi connectivity index (χ2n) is 14.7. The number of sulfonamides is 1. The van der Waals surface area contributed by atoms with Crippen LogP contribution in [0.1, 0.15) is 28.9 Å². The minimum atomic E-state index is -4.56. The van der Waals surface area contributed by atoms with E-state index in [2.05, 4.69) is 24.6 Å². The van der Waals surface area contributed by atoms with Gasteiger partial charge in [0.05, 0.1) is 27.3 Å². The molecule has 8 rings (SSSR count). The summed E-state index contributed by atoms with van der Waals surface area (Å²) < 4.78 is 43.2. The van der Waals surface area contributed by atoms with Gasteiger partial charge in [-0.1, -0.05) is 23.7 Å². The number of benzene rings is 4. The molecule has 306 valence electrons. The van der Waals surface area contributed by atoms with Crippen LogP contribution in [0.15, 0.2) is 102 Å². The number of rotatable bonds is 12. The van der Waals surface area contributed by atoms with Crippen molar-refractivity contribution in [3.8, 4) is 22.6 Å². The highest BCUT2D eigenvalue weighted by atomic mass is 35.5. The molecule has 0 bridgehead atoms. The summed E-state index contributed by atoms with van der Waals surface area (Å²) >= 11 is 6.14. The zero-order valence-corrected chi connectivity index (χ0v) is 34.1. The smallest absolute Gasteiger partial charge is 0.293 e. The molecule has 0 spiro atoms. The minimum Gasteiger partial charge on any atom is -0.456 e. The monoisotopic (exact) mass is 838 g/mol. The van der Waals surface area contributed by atoms with Crippen molar-refractivity contribution in [1.82, 2.24) is 24.4 Å². The van der Waals surface area contributed by atoms with Gasteiger partial charge in [0.25, 0.3) is 21.6 Å². The van der Waals surface area contributed by atoms with E-state index in [9.17, 15) is 23.3 Å². The standard InChI is InChI=1S/C42H43ClN8O7S/c1-47(31-14-21-57-22-15-31)38-12-9-34(25-39(38)51(53)54)59(55,56)46-42(52)35-10-7-32(24-41(35)58-33-8-11-37-29(23-33)13-16-44-37)50-19-17-49(18-20-50)27-40-36(26-45-48(40)2)28-3-5-30(43)6-4-28/h3-13,16,23-26,31,44H,14-15,17-22,27H2,1-2H3,(H,46,52). The number of nitro groups is 1. The third-order valence-electron chi connectivity index (χ3n) is 11.1. The summed E-state index contributed by atoms with van der Waals surface area (Å²) in [5, 5.41) is 18.3. The first-order valence-corrected chi connectivity index (χ1v) is 21.1. The molecule has 59 heavy (non-hydrogen) atoms. The van der Waals surface area contributed by atoms with Gasteiger partial charge in [0.1, 0.15) is 17.2 Å². The van der Waals surface area contributed by atoms with Gasteiger partial charge >= 0.3 is 0 Å². The maximum Gasteiger partial charge on any atom is 0.293 e. The molecular formula is C42H43ClN8O7S. The van der Waals surface area contributed by atoms with Gasteiger partial charge in [-0.15, -0.1) is 0 Å². The van der Waals surface area contributed by atoms with Crippen molar-refractivity contribution in [3.05, 3.63) is 124 Å². The predicted molar refractivity (Wildman–Crippen MR) is 226 cm³/mol. The molecule has 0 atom stereocenters. The fraction of sp³-hybridized carbons (Fsp3) is 0.286. The highest BCUT2D eigenvalue weighted by Crippen LogP contribution is 2.35. The molecule has 6 aromatic rings. The Balaban J connectivity index is 1.02. The van der Waals surface area contributed by atoms with Gasteiger partial charge in [0.2, 0.25) is 0 Å². The number of hydrogen-bond donors (Lipinski definition) is 2. The highest BCUT2D eigenvalue weighted by molar-refractivity contribution is 7.90. The normalized spacial score (nSPS) is 15.3. The number of carbonyl (C=O) groups is 1. The highest BCUT2D eigenvalue weighted by Gasteiger charge is 2.30. The Morgan fingerprint density at radius 1 is 1.02 bits per heavy atom. The Labute approximate surface area is 346 Å². The van der Waals surface area contributed by atoms with E-state index < -0.39 is 25.7 Å². The van der Waals surface area contributed by atoms with E-state index in [4.69, 9.17) is 21.1 Å². The molecule has 2 N–H and O–H groups in total. The first kappa shape index (κ1) is 39.9. The fourth-order valence-electron chi connectivity index (χ4n) is 7.72. The van der Waals surface area contributed by atoms with Crippen LogP contribution in [-0.4, -0.2) is 91.4 Å². The average Bonchev–Trinajstić information content (AvgIpc) is 3.86. The number of aromatic nitrogens is 3. The molecule has 2 fully saturated rings. The third-order valence-corrected chi connectivity index (χ3v) is 12.7. The Morgan fingerprint density at radius 2 is 1.78 bits per heavy atom. The molecule has 15 nitrogen and oxygen atoms in total. The van der Waals surface area contributed by atoms with Crippen LogP contribution in [-0.2, 0) is 28.4 Å². The zero-order chi connectivity index (χ0) is 41.3. The maximum atomic E-state index is 13.9. The number of carbonyl (C=O) groups excluding carboxylic acids is 1. The average molecular weight is 839 g/mol. The number of H-pyrrole nitrogens is 1. The number of piperazine rings is 1. The quantitative estimate of drug-likeness (QED) is 0.0964. The molecule has 1 amide bonds. The lowest BCUT2D eigenvalue weighted by Crippen LogP contribution is -2.46. The van der Waals surface area contributed by atoms with Crippen molar-refractivity contribution in [2.24, 2.45) is 7.05 Å². The number of amides is 1. The number of nitrogens with zero attached hydrogens (tertiary/aromatic N) is 6. The number of aryl methyl sites for hydroxylation is 1. The van der Waals surface area contributed by atoms with Crippen molar-refractivity contribution in [2.45, 2.75) is 30.3 Å². The maximum absolute atomic E-state index is 13.9. The molecular weight excluding hydrogens is 796 g/mol. The fourth-order valence-corrected chi connectivity index (χ4v) is 8.83. The van der Waals surface area contributed by atoms with Crippen LogP contribution in [0, 0.1) is 10.1 Å². The summed E-state index contributed by atoms with van der Waals surface area (Å²) in [5.41, 5.74) is 4.75. The number of halogens is 1. The van der Waals surface area contributed by atoms with Gasteiger partial charge in [-0.3, -0.25) is 24.5 Å². The molecule has 0 unspecified atom stereocenters. The molecule has 0 aliphatic carbocycles. The number of anilines is 2. The van der Waals surface area contributed by atoms with Crippen LogP contribution < -0.4 is 19.3 Å². The van der Waals surface area contributed by atoms with Crippen LogP contribution in [0.25, 0.3) is 22.0 Å². The van der Waals surface area contributed by atoms with Crippen LogP contribution in [0.4, 0.5) is 17.1 Å². The van der Waals surface area contributed by atoms with E-state index in [0.717, 1.165) is 52.6 Å². The lowest BCUT2D eigenvalue weighted by atomic mass is 10.1. The van der Waals surface area contributed by atoms with Crippen molar-refractivity contribution < 1.29 is 27.6 Å². The molecule has 2 aromatic heterocycles. The van der Waals surface area contributed by atoms with E-state index in [1.165, 1.54) is 12.1 Å². The Hall–Kier alpha value is -5.94. The van der Waals surface area contributed by atoms with Crippen LogP contribution in [0.5, 0.6) is 11.5 Å². The Bertz CT molecular complexity index is 2620. The number of fused-ring (bicyclic) bond motifs is 1. The summed E-state index contributed by atoms with van der Waals surface area (Å²) in [6.07, 6.45) is 5.05. The first-order chi connectivity index (χ1) is 28.4. The minimum absolute atomic E-state index is 0.00603. The second kappa shape index (κ2) is 16.7. The second-order valence-corrected chi connectivity index (χ2v) is 16.8. The predicted octanol–water partition coefficient (Wildman–Crippen LogP) is 6.98. The number of ether oxygens (including phenoxy) is 2. The molecule has 4 heterocycles. The van der Waals surface area contributed by atoms with Crippen molar-refractivity contribution in [1.29, 1.82) is 0 Å². The van der Waals surface area contributed by atoms with E-state index in [1.54, 1.807) is 36.2 Å². The Morgan fingerprint density at radius 3 is 2.53 bits per heavy atom. The lowest BCUT2D eigenvalue weighted by Gasteiger charge is -2.36. The van der Waals surface area contributed by atoms with E-state index in [1.807, 2.05) is 66.6 Å². The molecule has 17 heteroatoms. The van der Waals surface area contributed by atoms with Gasteiger partial charge in [0, 0.05) is 112 Å². The number of nitro benzene ring substituents is 1. The van der Waals surface area contributed by atoms with Crippen LogP contribution in [0.2, 0.25) is 5.02 Å². The Kier molecular flexibility index (Phi) is 11.3. The number of hydrogen-bond acceptors (Lipinski definition) is 11. The first-order valence-electron chi connectivity index (χ1n) is 19.2. The summed E-state index contributed by atoms with van der Waals surface area (Å²) in [5.74, 6) is -0.351. The van der Waals surface area contributed by atoms with Gasteiger partial charge in [-0.25, -0.2) is 13.1 Å². The summed E-state index contributed by atoms with van der Waals surface area (Å²) in [6, 6.07) is 23.8.